The van der Waals surface area contributed by atoms with Gasteiger partial charge in [-0.2, -0.15) is 0 Å². The monoisotopic (exact) mass is 231 g/mol. The van der Waals surface area contributed by atoms with Gasteiger partial charge in [0.05, 0.1) is 0 Å². The SMILES string of the molecule is CN1CCN(C2NC(=O)c3ccccc32)CC1. The Balaban J connectivity index is 1.84. The zero-order valence-electron chi connectivity index (χ0n) is 10.0. The maximum atomic E-state index is 11.8. The highest BCUT2D eigenvalue weighted by molar-refractivity contribution is 5.99. The van der Waals surface area contributed by atoms with Crippen molar-refractivity contribution in [1.82, 2.24) is 15.1 Å². The molecule has 2 heterocycles. The fraction of sp³-hybridized carbons (Fsp3) is 0.462. The van der Waals surface area contributed by atoms with Gasteiger partial charge in [-0.25, -0.2) is 0 Å². The largest absolute Gasteiger partial charge is 0.332 e. The van der Waals surface area contributed by atoms with E-state index in [4.69, 9.17) is 0 Å². The molecule has 0 saturated carbocycles. The van der Waals surface area contributed by atoms with Crippen LogP contribution in [0.25, 0.3) is 0 Å². The van der Waals surface area contributed by atoms with Gasteiger partial charge in [0, 0.05) is 37.3 Å². The lowest BCUT2D eigenvalue weighted by molar-refractivity contribution is 0.0786. The Labute approximate surface area is 101 Å². The number of carbonyl (C=O) groups is 1. The summed E-state index contributed by atoms with van der Waals surface area (Å²) >= 11 is 0. The number of hydrogen-bond acceptors (Lipinski definition) is 3. The van der Waals surface area contributed by atoms with Crippen molar-refractivity contribution in [3.63, 3.8) is 0 Å². The fourth-order valence-electron chi connectivity index (χ4n) is 2.59. The number of carbonyl (C=O) groups excluding carboxylic acids is 1. The van der Waals surface area contributed by atoms with E-state index in [1.165, 1.54) is 0 Å². The summed E-state index contributed by atoms with van der Waals surface area (Å²) in [4.78, 5) is 16.5. The molecule has 1 N–H and O–H groups in total. The van der Waals surface area contributed by atoms with E-state index in [1.807, 2.05) is 18.2 Å². The molecule has 1 aromatic rings. The molecule has 1 unspecified atom stereocenters. The molecule has 1 aromatic carbocycles. The second kappa shape index (κ2) is 4.13. The lowest BCUT2D eigenvalue weighted by Gasteiger charge is -2.36. The van der Waals surface area contributed by atoms with Crippen molar-refractivity contribution in [3.05, 3.63) is 35.4 Å². The molecule has 1 fully saturated rings. The minimum Gasteiger partial charge on any atom is -0.332 e. The zero-order valence-corrected chi connectivity index (χ0v) is 10.0. The molecule has 17 heavy (non-hydrogen) atoms. The maximum Gasteiger partial charge on any atom is 0.253 e. The van der Waals surface area contributed by atoms with Crippen LogP contribution in [0.5, 0.6) is 0 Å². The molecule has 3 rings (SSSR count). The van der Waals surface area contributed by atoms with Crippen molar-refractivity contribution in [2.45, 2.75) is 6.17 Å². The molecule has 0 aromatic heterocycles. The van der Waals surface area contributed by atoms with Gasteiger partial charge in [-0.05, 0) is 13.1 Å². The normalized spacial score (nSPS) is 25.7. The second-order valence-electron chi connectivity index (χ2n) is 4.80. The number of fused-ring (bicyclic) bond motifs is 1. The highest BCUT2D eigenvalue weighted by Crippen LogP contribution is 2.28. The third-order valence-electron chi connectivity index (χ3n) is 3.67. The average Bonchev–Trinajstić information content (AvgIpc) is 2.69. The van der Waals surface area contributed by atoms with E-state index >= 15 is 0 Å². The first kappa shape index (κ1) is 10.7. The molecular formula is C13H17N3O. The number of rotatable bonds is 1. The summed E-state index contributed by atoms with van der Waals surface area (Å²) in [7, 11) is 2.14. The first-order chi connectivity index (χ1) is 8.25. The van der Waals surface area contributed by atoms with E-state index in [1.54, 1.807) is 0 Å². The van der Waals surface area contributed by atoms with Crippen LogP contribution in [0.3, 0.4) is 0 Å². The molecule has 0 aliphatic carbocycles. The Hall–Kier alpha value is -1.39. The zero-order chi connectivity index (χ0) is 11.8. The summed E-state index contributed by atoms with van der Waals surface area (Å²) < 4.78 is 0. The van der Waals surface area contributed by atoms with E-state index in [0.717, 1.165) is 37.3 Å². The summed E-state index contributed by atoms with van der Waals surface area (Å²) in [5.41, 5.74) is 1.96. The van der Waals surface area contributed by atoms with Crippen LogP contribution in [-0.4, -0.2) is 48.9 Å². The molecule has 2 aliphatic rings. The van der Waals surface area contributed by atoms with Gasteiger partial charge in [-0.3, -0.25) is 9.69 Å². The summed E-state index contributed by atoms with van der Waals surface area (Å²) in [5, 5.41) is 3.07. The van der Waals surface area contributed by atoms with Crippen molar-refractivity contribution in [2.24, 2.45) is 0 Å². The van der Waals surface area contributed by atoms with Crippen LogP contribution in [-0.2, 0) is 0 Å². The van der Waals surface area contributed by atoms with Crippen LogP contribution in [0.1, 0.15) is 22.1 Å². The van der Waals surface area contributed by atoms with Gasteiger partial charge in [0.25, 0.3) is 5.91 Å². The van der Waals surface area contributed by atoms with Crippen LogP contribution in [0.4, 0.5) is 0 Å². The number of benzene rings is 1. The number of nitrogens with zero attached hydrogens (tertiary/aromatic N) is 2. The quantitative estimate of drug-likeness (QED) is 0.772. The predicted molar refractivity (Wildman–Crippen MR) is 65.7 cm³/mol. The number of amides is 1. The topological polar surface area (TPSA) is 35.6 Å². The fourth-order valence-corrected chi connectivity index (χ4v) is 2.59. The van der Waals surface area contributed by atoms with Crippen LogP contribution in [0.2, 0.25) is 0 Å². The lowest BCUT2D eigenvalue weighted by atomic mass is 10.1. The Kier molecular flexibility index (Phi) is 2.61. The van der Waals surface area contributed by atoms with E-state index in [2.05, 4.69) is 28.2 Å². The Morgan fingerprint density at radius 2 is 1.88 bits per heavy atom. The van der Waals surface area contributed by atoms with Crippen molar-refractivity contribution >= 4 is 5.91 Å². The van der Waals surface area contributed by atoms with Gasteiger partial charge in [-0.1, -0.05) is 18.2 Å². The van der Waals surface area contributed by atoms with Crippen molar-refractivity contribution in [3.8, 4) is 0 Å². The van der Waals surface area contributed by atoms with E-state index < -0.39 is 0 Å². The van der Waals surface area contributed by atoms with Gasteiger partial charge in [0.15, 0.2) is 0 Å². The smallest absolute Gasteiger partial charge is 0.253 e. The van der Waals surface area contributed by atoms with Crippen LogP contribution in [0.15, 0.2) is 24.3 Å². The summed E-state index contributed by atoms with van der Waals surface area (Å²) in [6.07, 6.45) is 0.0763. The van der Waals surface area contributed by atoms with E-state index in [9.17, 15) is 4.79 Å². The highest BCUT2D eigenvalue weighted by atomic mass is 16.2. The Morgan fingerprint density at radius 1 is 1.18 bits per heavy atom. The Bertz CT molecular complexity index is 438. The van der Waals surface area contributed by atoms with Crippen molar-refractivity contribution < 1.29 is 4.79 Å². The average molecular weight is 231 g/mol. The van der Waals surface area contributed by atoms with Crippen LogP contribution in [0, 0.1) is 0 Å². The van der Waals surface area contributed by atoms with Crippen molar-refractivity contribution in [1.29, 1.82) is 0 Å². The first-order valence-corrected chi connectivity index (χ1v) is 6.08. The van der Waals surface area contributed by atoms with Gasteiger partial charge in [-0.15, -0.1) is 0 Å². The second-order valence-corrected chi connectivity index (χ2v) is 4.80. The standard InChI is InChI=1S/C13H17N3O/c1-15-6-8-16(9-7-15)12-10-4-2-3-5-11(10)13(17)14-12/h2-5,12H,6-9H2,1H3,(H,14,17). The summed E-state index contributed by atoms with van der Waals surface area (Å²) in [5.74, 6) is 0.0597. The number of piperazine rings is 1. The molecule has 0 bridgehead atoms. The number of nitrogens with one attached hydrogen (secondary N) is 1. The lowest BCUT2D eigenvalue weighted by Crippen LogP contribution is -2.48. The Morgan fingerprint density at radius 3 is 2.65 bits per heavy atom. The first-order valence-electron chi connectivity index (χ1n) is 6.08. The number of likely N-dealkylation sites (N-methyl/N-ethyl adjacent to an activating group) is 1. The van der Waals surface area contributed by atoms with Crippen LogP contribution >= 0.6 is 0 Å². The van der Waals surface area contributed by atoms with E-state index in [0.29, 0.717) is 0 Å². The van der Waals surface area contributed by atoms with Crippen molar-refractivity contribution in [2.75, 3.05) is 33.2 Å². The minimum absolute atomic E-state index is 0.0597. The van der Waals surface area contributed by atoms with Gasteiger partial charge in [0.1, 0.15) is 6.17 Å². The molecule has 2 aliphatic heterocycles. The highest BCUT2D eigenvalue weighted by Gasteiger charge is 2.33. The van der Waals surface area contributed by atoms with E-state index in [-0.39, 0.29) is 12.1 Å². The molecule has 4 nitrogen and oxygen atoms in total. The molecule has 1 saturated heterocycles. The summed E-state index contributed by atoms with van der Waals surface area (Å²) in [6, 6.07) is 7.88. The van der Waals surface area contributed by atoms with Gasteiger partial charge in [0.2, 0.25) is 0 Å². The molecule has 1 amide bonds. The minimum atomic E-state index is 0.0597. The van der Waals surface area contributed by atoms with Gasteiger partial charge >= 0.3 is 0 Å². The maximum absolute atomic E-state index is 11.8. The molecule has 1 atom stereocenters. The molecular weight excluding hydrogens is 214 g/mol. The third-order valence-corrected chi connectivity index (χ3v) is 3.67. The molecule has 0 spiro atoms. The van der Waals surface area contributed by atoms with Gasteiger partial charge < -0.3 is 10.2 Å². The molecule has 0 radical (unpaired) electrons. The summed E-state index contributed by atoms with van der Waals surface area (Å²) in [6.45, 7) is 4.15. The molecule has 90 valence electrons. The third kappa shape index (κ3) is 1.83. The molecule has 4 heteroatoms. The van der Waals surface area contributed by atoms with Crippen LogP contribution < -0.4 is 5.32 Å². The number of hydrogen-bond donors (Lipinski definition) is 1. The predicted octanol–water partition coefficient (Wildman–Crippen LogP) is 0.676.